The Morgan fingerprint density at radius 1 is 1.44 bits per heavy atom. The lowest BCUT2D eigenvalue weighted by molar-refractivity contribution is -0.144. The first-order chi connectivity index (χ1) is 8.29. The van der Waals surface area contributed by atoms with E-state index in [1.54, 1.807) is 20.8 Å². The molecule has 104 valence electrons. The zero-order valence-corrected chi connectivity index (χ0v) is 11.2. The van der Waals surface area contributed by atoms with Crippen LogP contribution in [0.1, 0.15) is 27.2 Å². The van der Waals surface area contributed by atoms with E-state index in [4.69, 9.17) is 9.84 Å². The summed E-state index contributed by atoms with van der Waals surface area (Å²) in [5.74, 6) is -1.32. The number of piperidine rings is 1. The third-order valence-electron chi connectivity index (χ3n) is 2.85. The second kappa shape index (κ2) is 6.04. The molecule has 6 heteroatoms. The Labute approximate surface area is 107 Å². The van der Waals surface area contributed by atoms with Crippen LogP contribution in [-0.4, -0.2) is 42.4 Å². The average Bonchev–Trinajstić information content (AvgIpc) is 2.24. The van der Waals surface area contributed by atoms with Crippen LogP contribution in [0.15, 0.2) is 0 Å². The van der Waals surface area contributed by atoms with Gasteiger partial charge in [0.2, 0.25) is 0 Å². The highest BCUT2D eigenvalue weighted by molar-refractivity contribution is 5.71. The second-order valence-electron chi connectivity index (χ2n) is 5.58. The van der Waals surface area contributed by atoms with Crippen molar-refractivity contribution in [2.24, 2.45) is 11.8 Å². The van der Waals surface area contributed by atoms with Gasteiger partial charge in [-0.15, -0.1) is 0 Å². The van der Waals surface area contributed by atoms with E-state index >= 15 is 0 Å². The third kappa shape index (κ3) is 4.91. The number of hydrogen-bond donors (Lipinski definition) is 3. The van der Waals surface area contributed by atoms with Gasteiger partial charge in [0.1, 0.15) is 5.60 Å². The molecule has 1 saturated heterocycles. The largest absolute Gasteiger partial charge is 0.481 e. The van der Waals surface area contributed by atoms with Crippen LogP contribution in [0.25, 0.3) is 0 Å². The van der Waals surface area contributed by atoms with Crippen LogP contribution < -0.4 is 10.6 Å². The zero-order chi connectivity index (χ0) is 13.8. The lowest BCUT2D eigenvalue weighted by atomic mass is 9.86. The van der Waals surface area contributed by atoms with Crippen molar-refractivity contribution in [2.45, 2.75) is 32.8 Å². The van der Waals surface area contributed by atoms with E-state index in [9.17, 15) is 9.59 Å². The summed E-state index contributed by atoms with van der Waals surface area (Å²) >= 11 is 0. The number of nitrogens with one attached hydrogen (secondary N) is 2. The molecule has 1 fully saturated rings. The highest BCUT2D eigenvalue weighted by Gasteiger charge is 2.31. The number of carbonyl (C=O) groups excluding carboxylic acids is 1. The zero-order valence-electron chi connectivity index (χ0n) is 11.2. The Kier molecular flexibility index (Phi) is 4.95. The summed E-state index contributed by atoms with van der Waals surface area (Å²) in [6.45, 7) is 6.94. The summed E-state index contributed by atoms with van der Waals surface area (Å²) in [4.78, 5) is 22.5. The lowest BCUT2D eigenvalue weighted by Gasteiger charge is -2.29. The molecule has 0 aliphatic carbocycles. The molecule has 0 bridgehead atoms. The molecule has 0 unspecified atom stereocenters. The molecule has 18 heavy (non-hydrogen) atoms. The van der Waals surface area contributed by atoms with Gasteiger partial charge in [-0.2, -0.15) is 0 Å². The first-order valence-electron chi connectivity index (χ1n) is 6.20. The van der Waals surface area contributed by atoms with Crippen LogP contribution in [0.3, 0.4) is 0 Å². The van der Waals surface area contributed by atoms with Crippen molar-refractivity contribution >= 4 is 12.1 Å². The number of alkyl carbamates (subject to hydrolysis) is 1. The molecule has 1 rings (SSSR count). The number of ether oxygens (including phenoxy) is 1. The third-order valence-corrected chi connectivity index (χ3v) is 2.85. The maximum absolute atomic E-state index is 11.5. The summed E-state index contributed by atoms with van der Waals surface area (Å²) in [5, 5.41) is 14.8. The Morgan fingerprint density at radius 2 is 2.11 bits per heavy atom. The Morgan fingerprint density at radius 3 is 2.67 bits per heavy atom. The van der Waals surface area contributed by atoms with E-state index < -0.39 is 23.6 Å². The standard InChI is InChI=1S/C12H22N2O4/c1-12(2,3)18-11(17)14-6-8-4-5-13-7-9(8)10(15)16/h8-9,13H,4-7H2,1-3H3,(H,14,17)(H,15,16)/t8-,9+/m0/s1. The number of amides is 1. The summed E-state index contributed by atoms with van der Waals surface area (Å²) < 4.78 is 5.11. The van der Waals surface area contributed by atoms with Crippen molar-refractivity contribution in [2.75, 3.05) is 19.6 Å². The normalized spacial score (nSPS) is 24.4. The van der Waals surface area contributed by atoms with Gasteiger partial charge in [0, 0.05) is 13.1 Å². The van der Waals surface area contributed by atoms with Gasteiger partial charge >= 0.3 is 12.1 Å². The second-order valence-corrected chi connectivity index (χ2v) is 5.58. The summed E-state index contributed by atoms with van der Waals surface area (Å²) in [6.07, 6.45) is 0.248. The fourth-order valence-electron chi connectivity index (χ4n) is 1.97. The Bertz CT molecular complexity index is 312. The first kappa shape index (κ1) is 14.8. The fraction of sp³-hybridized carbons (Fsp3) is 0.833. The van der Waals surface area contributed by atoms with Crippen LogP contribution in [0.2, 0.25) is 0 Å². The van der Waals surface area contributed by atoms with Gasteiger partial charge in [0.25, 0.3) is 0 Å². The van der Waals surface area contributed by atoms with Crippen molar-refractivity contribution in [3.63, 3.8) is 0 Å². The minimum Gasteiger partial charge on any atom is -0.481 e. The molecule has 0 aromatic rings. The van der Waals surface area contributed by atoms with Gasteiger partial charge in [-0.1, -0.05) is 0 Å². The molecular formula is C12H22N2O4. The molecule has 3 N–H and O–H groups in total. The minimum absolute atomic E-state index is 0.0451. The topological polar surface area (TPSA) is 87.7 Å². The van der Waals surface area contributed by atoms with Crippen molar-refractivity contribution < 1.29 is 19.4 Å². The molecular weight excluding hydrogens is 236 g/mol. The molecule has 1 heterocycles. The number of carboxylic acid groups (broad SMARTS) is 1. The number of aliphatic carboxylic acids is 1. The molecule has 6 nitrogen and oxygen atoms in total. The minimum atomic E-state index is -0.821. The van der Waals surface area contributed by atoms with Crippen molar-refractivity contribution in [3.8, 4) is 0 Å². The van der Waals surface area contributed by atoms with Gasteiger partial charge in [0.15, 0.2) is 0 Å². The van der Waals surface area contributed by atoms with E-state index in [1.165, 1.54) is 0 Å². The van der Waals surface area contributed by atoms with Crippen LogP contribution in [0.4, 0.5) is 4.79 Å². The number of hydrogen-bond acceptors (Lipinski definition) is 4. The van der Waals surface area contributed by atoms with Gasteiger partial charge < -0.3 is 20.5 Å². The summed E-state index contributed by atoms with van der Waals surface area (Å²) in [5.41, 5.74) is -0.537. The average molecular weight is 258 g/mol. The fourth-order valence-corrected chi connectivity index (χ4v) is 1.97. The van der Waals surface area contributed by atoms with Crippen LogP contribution in [0, 0.1) is 11.8 Å². The van der Waals surface area contributed by atoms with Crippen LogP contribution in [0.5, 0.6) is 0 Å². The van der Waals surface area contributed by atoms with E-state index in [1.807, 2.05) is 0 Å². The highest BCUT2D eigenvalue weighted by atomic mass is 16.6. The van der Waals surface area contributed by atoms with Crippen LogP contribution >= 0.6 is 0 Å². The van der Waals surface area contributed by atoms with Crippen molar-refractivity contribution in [3.05, 3.63) is 0 Å². The van der Waals surface area contributed by atoms with E-state index in [-0.39, 0.29) is 5.92 Å². The van der Waals surface area contributed by atoms with Crippen molar-refractivity contribution in [1.29, 1.82) is 0 Å². The maximum Gasteiger partial charge on any atom is 0.407 e. The highest BCUT2D eigenvalue weighted by Crippen LogP contribution is 2.18. The molecule has 2 atom stereocenters. The van der Waals surface area contributed by atoms with Gasteiger partial charge in [-0.3, -0.25) is 4.79 Å². The first-order valence-corrected chi connectivity index (χ1v) is 6.20. The molecule has 1 amide bonds. The Balaban J connectivity index is 2.41. The van der Waals surface area contributed by atoms with Gasteiger partial charge in [-0.05, 0) is 39.7 Å². The summed E-state index contributed by atoms with van der Waals surface area (Å²) in [7, 11) is 0. The van der Waals surface area contributed by atoms with E-state index in [0.717, 1.165) is 13.0 Å². The molecule has 1 aliphatic heterocycles. The molecule has 1 aliphatic rings. The quantitative estimate of drug-likeness (QED) is 0.697. The predicted octanol–water partition coefficient (Wildman–Crippen LogP) is 0.821. The molecule has 0 saturated carbocycles. The Hall–Kier alpha value is -1.30. The van der Waals surface area contributed by atoms with Gasteiger partial charge in [-0.25, -0.2) is 4.79 Å². The number of carboxylic acids is 1. The summed E-state index contributed by atoms with van der Waals surface area (Å²) in [6, 6.07) is 0. The number of rotatable bonds is 3. The van der Waals surface area contributed by atoms with E-state index in [0.29, 0.717) is 13.1 Å². The number of carbonyl (C=O) groups is 2. The molecule has 0 aromatic carbocycles. The lowest BCUT2D eigenvalue weighted by Crippen LogP contribution is -2.46. The predicted molar refractivity (Wildman–Crippen MR) is 66.3 cm³/mol. The van der Waals surface area contributed by atoms with Crippen molar-refractivity contribution in [1.82, 2.24) is 10.6 Å². The monoisotopic (exact) mass is 258 g/mol. The maximum atomic E-state index is 11.5. The van der Waals surface area contributed by atoms with Crippen LogP contribution in [-0.2, 0) is 9.53 Å². The molecule has 0 aromatic heterocycles. The molecule has 0 radical (unpaired) electrons. The van der Waals surface area contributed by atoms with E-state index in [2.05, 4.69) is 10.6 Å². The smallest absolute Gasteiger partial charge is 0.407 e. The molecule has 0 spiro atoms. The van der Waals surface area contributed by atoms with Gasteiger partial charge in [0.05, 0.1) is 5.92 Å². The SMILES string of the molecule is CC(C)(C)OC(=O)NC[C@@H]1CCNC[C@H]1C(=O)O.